The molecule has 1 unspecified atom stereocenters. The third-order valence-corrected chi connectivity index (χ3v) is 4.64. The Morgan fingerprint density at radius 2 is 1.83 bits per heavy atom. The standard InChI is InChI=1S/C24H36N4O2/c1-20(22-11-6-5-7-12-22)29-16-9-14-26-24(25-2)27-19-21-10-8-13-23(18-21)30-17-15-28(3)4/h5-8,10-13,18,20H,9,14-17,19H2,1-4H3,(H2,25,26,27). The molecule has 1 atom stereocenters. The first-order valence-corrected chi connectivity index (χ1v) is 10.6. The van der Waals surface area contributed by atoms with Gasteiger partial charge in [-0.25, -0.2) is 0 Å². The van der Waals surface area contributed by atoms with Gasteiger partial charge in [0.1, 0.15) is 12.4 Å². The molecule has 2 N–H and O–H groups in total. The lowest BCUT2D eigenvalue weighted by Gasteiger charge is -2.15. The number of nitrogens with zero attached hydrogens (tertiary/aromatic N) is 2. The summed E-state index contributed by atoms with van der Waals surface area (Å²) in [5, 5.41) is 6.68. The number of ether oxygens (including phenoxy) is 2. The average molecular weight is 413 g/mol. The number of hydrogen-bond acceptors (Lipinski definition) is 4. The first-order chi connectivity index (χ1) is 14.6. The van der Waals surface area contributed by atoms with Crippen LogP contribution in [0.4, 0.5) is 0 Å². The molecule has 0 radical (unpaired) electrons. The van der Waals surface area contributed by atoms with Crippen LogP contribution in [0.3, 0.4) is 0 Å². The Morgan fingerprint density at radius 3 is 2.57 bits per heavy atom. The van der Waals surface area contributed by atoms with Gasteiger partial charge in [0.05, 0.1) is 6.10 Å². The van der Waals surface area contributed by atoms with Crippen LogP contribution in [0.1, 0.15) is 30.6 Å². The Balaban J connectivity index is 1.65. The number of aliphatic imine (C=N–C) groups is 1. The van der Waals surface area contributed by atoms with Crippen LogP contribution in [0.15, 0.2) is 59.6 Å². The third kappa shape index (κ3) is 9.29. The second-order valence-electron chi connectivity index (χ2n) is 7.43. The molecular weight excluding hydrogens is 376 g/mol. The monoisotopic (exact) mass is 412 g/mol. The summed E-state index contributed by atoms with van der Waals surface area (Å²) in [6, 6.07) is 18.4. The van der Waals surface area contributed by atoms with E-state index in [0.29, 0.717) is 19.8 Å². The van der Waals surface area contributed by atoms with Crippen molar-refractivity contribution in [2.24, 2.45) is 4.99 Å². The molecule has 2 aromatic carbocycles. The van der Waals surface area contributed by atoms with E-state index in [1.807, 2.05) is 44.4 Å². The van der Waals surface area contributed by atoms with Crippen LogP contribution in [0.5, 0.6) is 5.75 Å². The molecule has 0 aliphatic rings. The maximum Gasteiger partial charge on any atom is 0.191 e. The van der Waals surface area contributed by atoms with Crippen molar-refractivity contribution in [1.82, 2.24) is 15.5 Å². The highest BCUT2D eigenvalue weighted by atomic mass is 16.5. The first kappa shape index (κ1) is 23.7. The number of hydrogen-bond donors (Lipinski definition) is 2. The molecule has 0 aromatic heterocycles. The van der Waals surface area contributed by atoms with Crippen LogP contribution >= 0.6 is 0 Å². The maximum absolute atomic E-state index is 5.92. The van der Waals surface area contributed by atoms with E-state index in [0.717, 1.165) is 36.8 Å². The normalized spacial score (nSPS) is 12.6. The lowest BCUT2D eigenvalue weighted by molar-refractivity contribution is 0.0646. The van der Waals surface area contributed by atoms with E-state index in [4.69, 9.17) is 9.47 Å². The maximum atomic E-state index is 5.92. The molecule has 0 bridgehead atoms. The van der Waals surface area contributed by atoms with E-state index in [1.165, 1.54) is 5.56 Å². The Kier molecular flexibility index (Phi) is 10.8. The molecule has 30 heavy (non-hydrogen) atoms. The smallest absolute Gasteiger partial charge is 0.191 e. The van der Waals surface area contributed by atoms with Gasteiger partial charge in [-0.15, -0.1) is 0 Å². The molecule has 0 spiro atoms. The van der Waals surface area contributed by atoms with Gasteiger partial charge < -0.3 is 25.0 Å². The molecule has 0 amide bonds. The van der Waals surface area contributed by atoms with Crippen LogP contribution in [0.25, 0.3) is 0 Å². The molecule has 164 valence electrons. The summed E-state index contributed by atoms with van der Waals surface area (Å²) < 4.78 is 11.7. The van der Waals surface area contributed by atoms with Crippen molar-refractivity contribution >= 4 is 5.96 Å². The molecule has 0 heterocycles. The number of rotatable bonds is 12. The number of benzene rings is 2. The minimum Gasteiger partial charge on any atom is -0.492 e. The molecule has 2 aromatic rings. The molecule has 0 saturated carbocycles. The van der Waals surface area contributed by atoms with Crippen LogP contribution in [0.2, 0.25) is 0 Å². The van der Waals surface area contributed by atoms with E-state index in [2.05, 4.69) is 51.7 Å². The lowest BCUT2D eigenvalue weighted by Crippen LogP contribution is -2.37. The molecule has 0 saturated heterocycles. The summed E-state index contributed by atoms with van der Waals surface area (Å²) in [7, 11) is 5.86. The fraction of sp³-hybridized carbons (Fsp3) is 0.458. The fourth-order valence-corrected chi connectivity index (χ4v) is 2.86. The second-order valence-corrected chi connectivity index (χ2v) is 7.43. The zero-order valence-corrected chi connectivity index (χ0v) is 18.7. The third-order valence-electron chi connectivity index (χ3n) is 4.64. The molecule has 0 fully saturated rings. The Bertz CT molecular complexity index is 750. The molecular formula is C24H36N4O2. The number of likely N-dealkylation sites (N-methyl/N-ethyl adjacent to an activating group) is 1. The van der Waals surface area contributed by atoms with Gasteiger partial charge in [0.2, 0.25) is 0 Å². The molecule has 2 rings (SSSR count). The highest BCUT2D eigenvalue weighted by molar-refractivity contribution is 5.79. The van der Waals surface area contributed by atoms with Gasteiger partial charge in [-0.2, -0.15) is 0 Å². The van der Waals surface area contributed by atoms with Crippen molar-refractivity contribution in [3.8, 4) is 5.75 Å². The summed E-state index contributed by atoms with van der Waals surface area (Å²) in [5.74, 6) is 1.67. The zero-order chi connectivity index (χ0) is 21.6. The predicted molar refractivity (Wildman–Crippen MR) is 124 cm³/mol. The molecule has 6 nitrogen and oxygen atoms in total. The highest BCUT2D eigenvalue weighted by Gasteiger charge is 2.05. The SMILES string of the molecule is CN=C(NCCCOC(C)c1ccccc1)NCc1cccc(OCCN(C)C)c1. The quantitative estimate of drug-likeness (QED) is 0.318. The highest BCUT2D eigenvalue weighted by Crippen LogP contribution is 2.16. The zero-order valence-electron chi connectivity index (χ0n) is 18.7. The van der Waals surface area contributed by atoms with Crippen LogP contribution < -0.4 is 15.4 Å². The summed E-state index contributed by atoms with van der Waals surface area (Å²) >= 11 is 0. The summed E-state index contributed by atoms with van der Waals surface area (Å²) in [6.45, 7) is 5.85. The number of guanidine groups is 1. The van der Waals surface area contributed by atoms with Crippen LogP contribution in [0, 0.1) is 0 Å². The van der Waals surface area contributed by atoms with Gasteiger partial charge in [0.15, 0.2) is 5.96 Å². The number of nitrogens with one attached hydrogen (secondary N) is 2. The minimum atomic E-state index is 0.107. The summed E-state index contributed by atoms with van der Waals surface area (Å²) in [4.78, 5) is 6.40. The van der Waals surface area contributed by atoms with Crippen molar-refractivity contribution < 1.29 is 9.47 Å². The van der Waals surface area contributed by atoms with Gasteiger partial charge in [-0.3, -0.25) is 4.99 Å². The van der Waals surface area contributed by atoms with Crippen LogP contribution in [-0.2, 0) is 11.3 Å². The Morgan fingerprint density at radius 1 is 1.03 bits per heavy atom. The van der Waals surface area contributed by atoms with Gasteiger partial charge in [-0.05, 0) is 50.7 Å². The predicted octanol–water partition coefficient (Wildman–Crippen LogP) is 3.46. The lowest BCUT2D eigenvalue weighted by atomic mass is 10.1. The second kappa shape index (κ2) is 13.6. The summed E-state index contributed by atoms with van der Waals surface area (Å²) in [6.07, 6.45) is 1.02. The Hall–Kier alpha value is -2.57. The van der Waals surface area contributed by atoms with E-state index < -0.39 is 0 Å². The largest absolute Gasteiger partial charge is 0.492 e. The molecule has 0 aliphatic carbocycles. The molecule has 0 aliphatic heterocycles. The van der Waals surface area contributed by atoms with E-state index >= 15 is 0 Å². The topological polar surface area (TPSA) is 58.1 Å². The first-order valence-electron chi connectivity index (χ1n) is 10.6. The molecule has 6 heteroatoms. The van der Waals surface area contributed by atoms with Crippen molar-refractivity contribution in [3.63, 3.8) is 0 Å². The van der Waals surface area contributed by atoms with E-state index in [9.17, 15) is 0 Å². The van der Waals surface area contributed by atoms with E-state index in [-0.39, 0.29) is 6.10 Å². The van der Waals surface area contributed by atoms with Gasteiger partial charge in [0, 0.05) is 33.3 Å². The minimum absolute atomic E-state index is 0.107. The van der Waals surface area contributed by atoms with Crippen molar-refractivity contribution in [2.75, 3.05) is 47.4 Å². The van der Waals surface area contributed by atoms with Crippen molar-refractivity contribution in [2.45, 2.75) is 26.0 Å². The average Bonchev–Trinajstić information content (AvgIpc) is 2.76. The van der Waals surface area contributed by atoms with E-state index in [1.54, 1.807) is 7.05 Å². The van der Waals surface area contributed by atoms with Crippen molar-refractivity contribution in [3.05, 3.63) is 65.7 Å². The fourth-order valence-electron chi connectivity index (χ4n) is 2.86. The van der Waals surface area contributed by atoms with Crippen molar-refractivity contribution in [1.29, 1.82) is 0 Å². The van der Waals surface area contributed by atoms with Gasteiger partial charge in [0.25, 0.3) is 0 Å². The van der Waals surface area contributed by atoms with Gasteiger partial charge in [-0.1, -0.05) is 42.5 Å². The Labute approximate surface area is 181 Å². The van der Waals surface area contributed by atoms with Gasteiger partial charge >= 0.3 is 0 Å². The van der Waals surface area contributed by atoms with Crippen LogP contribution in [-0.4, -0.2) is 58.3 Å². The summed E-state index contributed by atoms with van der Waals surface area (Å²) in [5.41, 5.74) is 2.36.